The summed E-state index contributed by atoms with van der Waals surface area (Å²) in [6.45, 7) is 5.03. The molecule has 2 heterocycles. The van der Waals surface area contributed by atoms with Gasteiger partial charge in [0.1, 0.15) is 8.07 Å². The van der Waals surface area contributed by atoms with Crippen LogP contribution in [-0.4, -0.2) is 15.4 Å². The summed E-state index contributed by atoms with van der Waals surface area (Å²) in [5.74, 6) is 0. The molecule has 2 nitrogen and oxygen atoms in total. The van der Waals surface area contributed by atoms with Crippen LogP contribution in [0.3, 0.4) is 0 Å². The van der Waals surface area contributed by atoms with Crippen molar-refractivity contribution in [3.05, 3.63) is 164 Å². The Hall–Kier alpha value is -5.84. The van der Waals surface area contributed by atoms with Gasteiger partial charge in [0.05, 0.1) is 0 Å². The van der Waals surface area contributed by atoms with E-state index < -0.39 is 8.07 Å². The predicted molar refractivity (Wildman–Crippen MR) is 220 cm³/mol. The minimum atomic E-state index is -1.91. The molecule has 50 heavy (non-hydrogen) atoms. The Morgan fingerprint density at radius 1 is 0.520 bits per heavy atom. The topological polar surface area (TPSA) is 15.3 Å². The Morgan fingerprint density at radius 2 is 1.16 bits per heavy atom. The van der Waals surface area contributed by atoms with Crippen LogP contribution in [0.4, 0.5) is 28.4 Å². The van der Waals surface area contributed by atoms with E-state index in [0.29, 0.717) is 0 Å². The summed E-state index contributed by atoms with van der Waals surface area (Å²) in [4.78, 5) is 2.62. The molecule has 0 atom stereocenters. The van der Waals surface area contributed by atoms with Crippen molar-refractivity contribution in [1.82, 2.24) is 0 Å². The van der Waals surface area contributed by atoms with E-state index in [1.807, 2.05) is 0 Å². The third kappa shape index (κ3) is 4.42. The van der Waals surface area contributed by atoms with E-state index in [-0.39, 0.29) is 0 Å². The minimum Gasteiger partial charge on any atom is -0.355 e. The molecule has 0 bridgehead atoms. The summed E-state index contributed by atoms with van der Waals surface area (Å²) in [5, 5.41) is 11.9. The first kappa shape index (κ1) is 29.1. The molecule has 0 saturated carbocycles. The van der Waals surface area contributed by atoms with Gasteiger partial charge in [-0.15, -0.1) is 0 Å². The number of rotatable bonds is 4. The molecule has 0 radical (unpaired) electrons. The van der Waals surface area contributed by atoms with Crippen molar-refractivity contribution in [1.29, 1.82) is 0 Å². The Morgan fingerprint density at radius 3 is 1.98 bits per heavy atom. The Kier molecular flexibility index (Phi) is 6.46. The normalized spacial score (nSPS) is 13.7. The Balaban J connectivity index is 1.21. The Bertz CT molecular complexity index is 2630. The smallest absolute Gasteiger partial charge is 0.198 e. The highest BCUT2D eigenvalue weighted by Gasteiger charge is 2.42. The molecule has 0 unspecified atom stereocenters. The lowest BCUT2D eigenvalue weighted by Crippen LogP contribution is -2.62. The average Bonchev–Trinajstić information content (AvgIpc) is 3.16. The largest absolute Gasteiger partial charge is 0.355 e. The average molecular weight is 655 g/mol. The second-order valence-corrected chi connectivity index (χ2v) is 18.6. The maximum atomic E-state index is 3.88. The van der Waals surface area contributed by atoms with Crippen molar-refractivity contribution < 1.29 is 0 Å². The summed E-state index contributed by atoms with van der Waals surface area (Å²) in [7, 11) is -1.03. The monoisotopic (exact) mass is 654 g/mol. The molecule has 2 aliphatic rings. The van der Waals surface area contributed by atoms with Gasteiger partial charge in [0.2, 0.25) is 0 Å². The molecule has 0 spiro atoms. The van der Waals surface area contributed by atoms with E-state index in [9.17, 15) is 0 Å². The predicted octanol–water partition coefficient (Wildman–Crippen LogP) is 9.38. The summed E-state index contributed by atoms with van der Waals surface area (Å²) in [6, 6.07) is 60.5. The Labute approximate surface area is 294 Å². The van der Waals surface area contributed by atoms with Crippen LogP contribution in [0.5, 0.6) is 0 Å². The molecule has 0 fully saturated rings. The fourth-order valence-electron chi connectivity index (χ4n) is 8.53. The van der Waals surface area contributed by atoms with Gasteiger partial charge in [0, 0.05) is 39.4 Å². The van der Waals surface area contributed by atoms with Crippen molar-refractivity contribution in [3.63, 3.8) is 0 Å². The summed E-state index contributed by atoms with van der Waals surface area (Å²) < 4.78 is 0. The van der Waals surface area contributed by atoms with Crippen LogP contribution in [0.15, 0.2) is 164 Å². The van der Waals surface area contributed by atoms with E-state index in [4.69, 9.17) is 0 Å². The van der Waals surface area contributed by atoms with Crippen molar-refractivity contribution >= 4 is 86.6 Å². The van der Waals surface area contributed by atoms with Crippen molar-refractivity contribution in [2.24, 2.45) is 0 Å². The van der Waals surface area contributed by atoms with E-state index >= 15 is 0 Å². The summed E-state index contributed by atoms with van der Waals surface area (Å²) in [6.07, 6.45) is 0. The molecule has 0 amide bonds. The lowest BCUT2D eigenvalue weighted by atomic mass is 9.57. The van der Waals surface area contributed by atoms with Crippen molar-refractivity contribution in [2.45, 2.75) is 13.1 Å². The number of anilines is 5. The number of benzene rings is 8. The maximum Gasteiger partial charge on any atom is 0.198 e. The van der Waals surface area contributed by atoms with Gasteiger partial charge in [0.25, 0.3) is 0 Å². The zero-order chi connectivity index (χ0) is 33.4. The maximum absolute atomic E-state index is 3.88. The second-order valence-electron chi connectivity index (χ2n) is 14.3. The third-order valence-electron chi connectivity index (χ3n) is 11.0. The quantitative estimate of drug-likeness (QED) is 0.190. The third-order valence-corrected chi connectivity index (χ3v) is 14.5. The highest BCUT2D eigenvalue weighted by atomic mass is 28.3. The van der Waals surface area contributed by atoms with Gasteiger partial charge < -0.3 is 10.2 Å². The standard InChI is InChI=1S/C46H35BN2Si/c1-50(2)42-21-11-10-20-41(42)49-45-36-18-9-8-17-34(36)28-38(44(45)47-39-19-12-22-43(50)46(39)49)37-27-32-15-6-7-16-33(32)29-40(37)48-35-25-23-31(24-26-35)30-13-4-3-5-14-30/h3-29,47-48H,1-2H3. The molecule has 236 valence electrons. The fourth-order valence-corrected chi connectivity index (χ4v) is 11.5. The first-order valence-corrected chi connectivity index (χ1v) is 20.6. The van der Waals surface area contributed by atoms with Gasteiger partial charge in [-0.05, 0) is 85.1 Å². The first-order valence-electron chi connectivity index (χ1n) is 17.6. The number of hydrogen-bond donors (Lipinski definition) is 1. The van der Waals surface area contributed by atoms with Gasteiger partial charge in [-0.25, -0.2) is 0 Å². The van der Waals surface area contributed by atoms with E-state index in [2.05, 4.69) is 187 Å². The van der Waals surface area contributed by atoms with E-state index in [1.54, 1.807) is 0 Å². The van der Waals surface area contributed by atoms with Crippen LogP contribution in [0.1, 0.15) is 0 Å². The number of hydrogen-bond acceptors (Lipinski definition) is 2. The van der Waals surface area contributed by atoms with Crippen LogP contribution >= 0.6 is 0 Å². The highest BCUT2D eigenvalue weighted by Crippen LogP contribution is 2.45. The van der Waals surface area contributed by atoms with Crippen molar-refractivity contribution in [2.75, 3.05) is 10.2 Å². The minimum absolute atomic E-state index is 0.889. The van der Waals surface area contributed by atoms with Crippen LogP contribution in [0.2, 0.25) is 13.1 Å². The SMILES string of the molecule is C[Si]1(C)c2ccccc2N2c3c(cccc31)Bc1c(-c3cc4ccccc4cc3Nc3ccc(-c4ccccc4)cc3)cc3ccccc3c12. The van der Waals surface area contributed by atoms with Gasteiger partial charge in [0.15, 0.2) is 7.28 Å². The van der Waals surface area contributed by atoms with Crippen LogP contribution < -0.4 is 31.5 Å². The molecule has 8 aromatic carbocycles. The van der Waals surface area contributed by atoms with Gasteiger partial charge in [-0.2, -0.15) is 0 Å². The van der Waals surface area contributed by atoms with Gasteiger partial charge >= 0.3 is 0 Å². The zero-order valence-electron chi connectivity index (χ0n) is 28.2. The van der Waals surface area contributed by atoms with Crippen LogP contribution in [0.25, 0.3) is 43.8 Å². The number of fused-ring (bicyclic) bond motifs is 7. The van der Waals surface area contributed by atoms with Crippen molar-refractivity contribution in [3.8, 4) is 22.3 Å². The molecule has 2 aliphatic heterocycles. The highest BCUT2D eigenvalue weighted by molar-refractivity contribution is 7.03. The zero-order valence-corrected chi connectivity index (χ0v) is 29.2. The first-order chi connectivity index (χ1) is 24.5. The second kappa shape index (κ2) is 11.1. The molecule has 10 rings (SSSR count). The molecule has 8 aromatic rings. The summed E-state index contributed by atoms with van der Waals surface area (Å²) >= 11 is 0. The molecule has 0 aliphatic carbocycles. The number of nitrogens with zero attached hydrogens (tertiary/aromatic N) is 1. The van der Waals surface area contributed by atoms with E-state index in [1.165, 1.54) is 82.2 Å². The van der Waals surface area contributed by atoms with Crippen LogP contribution in [-0.2, 0) is 0 Å². The molecule has 0 saturated heterocycles. The molecule has 0 aromatic heterocycles. The van der Waals surface area contributed by atoms with Crippen LogP contribution in [0, 0.1) is 0 Å². The van der Waals surface area contributed by atoms with Gasteiger partial charge in [-0.3, -0.25) is 0 Å². The lowest BCUT2D eigenvalue weighted by molar-refractivity contribution is 1.31. The van der Waals surface area contributed by atoms with Gasteiger partial charge in [-0.1, -0.05) is 146 Å². The molecule has 4 heteroatoms. The summed E-state index contributed by atoms with van der Waals surface area (Å²) in [5.41, 5.74) is 14.0. The fraction of sp³-hybridized carbons (Fsp3) is 0.0435. The van der Waals surface area contributed by atoms with E-state index in [0.717, 1.165) is 18.7 Å². The number of para-hydroxylation sites is 2. The molecular formula is C46H35BN2Si. The molecular weight excluding hydrogens is 619 g/mol. The lowest BCUT2D eigenvalue weighted by Gasteiger charge is -2.45. The number of nitrogens with one attached hydrogen (secondary N) is 1. The molecule has 1 N–H and O–H groups in total.